The summed E-state index contributed by atoms with van der Waals surface area (Å²) in [7, 11) is 0. The lowest BCUT2D eigenvalue weighted by Crippen LogP contribution is -2.12. The van der Waals surface area contributed by atoms with Crippen LogP contribution in [-0.4, -0.2) is 28.3 Å². The van der Waals surface area contributed by atoms with Gasteiger partial charge in [-0.2, -0.15) is 0 Å². The van der Waals surface area contributed by atoms with E-state index in [0.717, 1.165) is 0 Å². The van der Waals surface area contributed by atoms with Crippen LogP contribution < -0.4 is 0 Å². The lowest BCUT2D eigenvalue weighted by Gasteiger charge is -2.08. The fourth-order valence-electron chi connectivity index (χ4n) is 1.29. The molecule has 0 aliphatic carbocycles. The standard InChI is InChI=1S/C12H13BrO4/c1-3-17-12(16)8-4-5-10(14)9(6-8)11(15)7(2)13/h4-7,14H,3H2,1-2H3. The van der Waals surface area contributed by atoms with Crippen LogP contribution in [0.15, 0.2) is 18.2 Å². The molecule has 1 aromatic rings. The predicted molar refractivity (Wildman–Crippen MR) is 66.8 cm³/mol. The Labute approximate surface area is 108 Å². The first-order chi connectivity index (χ1) is 7.97. The Hall–Kier alpha value is -1.36. The largest absolute Gasteiger partial charge is 0.507 e. The van der Waals surface area contributed by atoms with Gasteiger partial charge in [0.2, 0.25) is 0 Å². The minimum absolute atomic E-state index is 0.111. The number of carbonyl (C=O) groups is 2. The van der Waals surface area contributed by atoms with Gasteiger partial charge in [0.05, 0.1) is 22.6 Å². The van der Waals surface area contributed by atoms with Gasteiger partial charge in [0.1, 0.15) is 5.75 Å². The highest BCUT2D eigenvalue weighted by Gasteiger charge is 2.18. The second-order valence-electron chi connectivity index (χ2n) is 3.43. The van der Waals surface area contributed by atoms with Crippen molar-refractivity contribution in [3.8, 4) is 5.75 Å². The van der Waals surface area contributed by atoms with Gasteiger partial charge in [-0.1, -0.05) is 15.9 Å². The molecule has 92 valence electrons. The molecule has 0 aliphatic rings. The summed E-state index contributed by atoms with van der Waals surface area (Å²) in [5, 5.41) is 9.57. The van der Waals surface area contributed by atoms with Crippen molar-refractivity contribution in [2.24, 2.45) is 0 Å². The third-order valence-corrected chi connectivity index (χ3v) is 2.55. The van der Waals surface area contributed by atoms with E-state index in [1.165, 1.54) is 18.2 Å². The zero-order chi connectivity index (χ0) is 13.0. The van der Waals surface area contributed by atoms with Crippen LogP contribution in [0.1, 0.15) is 34.6 Å². The molecule has 0 fully saturated rings. The van der Waals surface area contributed by atoms with Crippen molar-refractivity contribution in [1.29, 1.82) is 0 Å². The van der Waals surface area contributed by atoms with Crippen LogP contribution in [0.4, 0.5) is 0 Å². The molecule has 0 saturated carbocycles. The number of ether oxygens (including phenoxy) is 1. The average Bonchev–Trinajstić information content (AvgIpc) is 2.28. The summed E-state index contributed by atoms with van der Waals surface area (Å²) >= 11 is 3.13. The highest BCUT2D eigenvalue weighted by molar-refractivity contribution is 9.10. The van der Waals surface area contributed by atoms with Crippen molar-refractivity contribution in [2.45, 2.75) is 18.7 Å². The van der Waals surface area contributed by atoms with Gasteiger partial charge in [0.25, 0.3) is 0 Å². The zero-order valence-corrected chi connectivity index (χ0v) is 11.2. The molecule has 1 aromatic carbocycles. The molecule has 0 spiro atoms. The SMILES string of the molecule is CCOC(=O)c1ccc(O)c(C(=O)C(C)Br)c1. The minimum Gasteiger partial charge on any atom is -0.507 e. The van der Waals surface area contributed by atoms with Crippen molar-refractivity contribution >= 4 is 27.7 Å². The third-order valence-electron chi connectivity index (χ3n) is 2.13. The van der Waals surface area contributed by atoms with Crippen LogP contribution >= 0.6 is 15.9 Å². The van der Waals surface area contributed by atoms with E-state index in [9.17, 15) is 14.7 Å². The van der Waals surface area contributed by atoms with Gasteiger partial charge in [0, 0.05) is 0 Å². The van der Waals surface area contributed by atoms with E-state index in [2.05, 4.69) is 15.9 Å². The third kappa shape index (κ3) is 3.30. The molecule has 1 unspecified atom stereocenters. The number of aromatic hydroxyl groups is 1. The van der Waals surface area contributed by atoms with E-state index < -0.39 is 10.8 Å². The molecule has 5 heteroatoms. The lowest BCUT2D eigenvalue weighted by atomic mass is 10.0. The van der Waals surface area contributed by atoms with Crippen molar-refractivity contribution in [3.05, 3.63) is 29.3 Å². The van der Waals surface area contributed by atoms with E-state index in [4.69, 9.17) is 4.74 Å². The Morgan fingerprint density at radius 2 is 2.12 bits per heavy atom. The minimum atomic E-state index is -0.510. The highest BCUT2D eigenvalue weighted by atomic mass is 79.9. The maximum atomic E-state index is 11.7. The van der Waals surface area contributed by atoms with E-state index in [1.807, 2.05) is 0 Å². The van der Waals surface area contributed by atoms with Crippen molar-refractivity contribution in [2.75, 3.05) is 6.61 Å². The Morgan fingerprint density at radius 3 is 2.65 bits per heavy atom. The Balaban J connectivity index is 3.10. The molecule has 0 heterocycles. The Kier molecular flexibility index (Phi) is 4.69. The molecular weight excluding hydrogens is 288 g/mol. The number of phenols is 1. The fraction of sp³-hybridized carbons (Fsp3) is 0.333. The lowest BCUT2D eigenvalue weighted by molar-refractivity contribution is 0.0526. The topological polar surface area (TPSA) is 63.6 Å². The summed E-state index contributed by atoms with van der Waals surface area (Å²) in [5.41, 5.74) is 0.362. The molecule has 0 saturated heterocycles. The molecule has 0 bridgehead atoms. The van der Waals surface area contributed by atoms with E-state index in [1.54, 1.807) is 13.8 Å². The average molecular weight is 301 g/mol. The van der Waals surface area contributed by atoms with Crippen LogP contribution in [0, 0.1) is 0 Å². The van der Waals surface area contributed by atoms with Gasteiger partial charge in [0.15, 0.2) is 5.78 Å². The van der Waals surface area contributed by atoms with E-state index in [-0.39, 0.29) is 29.3 Å². The number of esters is 1. The van der Waals surface area contributed by atoms with Crippen LogP contribution in [0.25, 0.3) is 0 Å². The van der Waals surface area contributed by atoms with Crippen LogP contribution in [0.3, 0.4) is 0 Å². The van der Waals surface area contributed by atoms with Gasteiger partial charge in [-0.25, -0.2) is 4.79 Å². The Bertz CT molecular complexity index is 440. The predicted octanol–water partition coefficient (Wildman–Crippen LogP) is 2.54. The molecule has 17 heavy (non-hydrogen) atoms. The highest BCUT2D eigenvalue weighted by Crippen LogP contribution is 2.22. The number of ketones is 1. The first-order valence-corrected chi connectivity index (χ1v) is 6.07. The first-order valence-electron chi connectivity index (χ1n) is 5.15. The molecule has 1 N–H and O–H groups in total. The zero-order valence-electron chi connectivity index (χ0n) is 9.57. The molecular formula is C12H13BrO4. The first kappa shape index (κ1) is 13.7. The number of benzene rings is 1. The summed E-state index contributed by atoms with van der Waals surface area (Å²) in [6.07, 6.45) is 0. The molecule has 0 aliphatic heterocycles. The van der Waals surface area contributed by atoms with Gasteiger partial charge >= 0.3 is 5.97 Å². The van der Waals surface area contributed by atoms with E-state index >= 15 is 0 Å². The molecule has 0 radical (unpaired) electrons. The number of carbonyl (C=O) groups excluding carboxylic acids is 2. The molecule has 1 rings (SSSR count). The number of rotatable bonds is 4. The van der Waals surface area contributed by atoms with Gasteiger partial charge in [-0.15, -0.1) is 0 Å². The van der Waals surface area contributed by atoms with Crippen LogP contribution in [-0.2, 0) is 4.74 Å². The van der Waals surface area contributed by atoms with Gasteiger partial charge < -0.3 is 9.84 Å². The quantitative estimate of drug-likeness (QED) is 0.527. The number of Topliss-reactive ketones (excluding diaryl/α,β-unsaturated/α-hetero) is 1. The molecule has 1 atom stereocenters. The number of halogens is 1. The fourth-order valence-corrected chi connectivity index (χ4v) is 1.54. The normalized spacial score (nSPS) is 11.9. The van der Waals surface area contributed by atoms with Crippen LogP contribution in [0.5, 0.6) is 5.75 Å². The second kappa shape index (κ2) is 5.82. The second-order valence-corrected chi connectivity index (χ2v) is 4.81. The number of alkyl halides is 1. The van der Waals surface area contributed by atoms with Crippen molar-refractivity contribution in [1.82, 2.24) is 0 Å². The van der Waals surface area contributed by atoms with E-state index in [0.29, 0.717) is 0 Å². The maximum Gasteiger partial charge on any atom is 0.338 e. The van der Waals surface area contributed by atoms with Crippen molar-refractivity contribution < 1.29 is 19.4 Å². The number of hydrogen-bond acceptors (Lipinski definition) is 4. The van der Waals surface area contributed by atoms with Gasteiger partial charge in [-0.05, 0) is 32.0 Å². The number of hydrogen-bond donors (Lipinski definition) is 1. The molecule has 0 aromatic heterocycles. The number of phenolic OH excluding ortho intramolecular Hbond substituents is 1. The summed E-state index contributed by atoms with van der Waals surface area (Å²) in [5.74, 6) is -0.938. The molecule has 4 nitrogen and oxygen atoms in total. The van der Waals surface area contributed by atoms with Crippen LogP contribution in [0.2, 0.25) is 0 Å². The van der Waals surface area contributed by atoms with Crippen molar-refractivity contribution in [3.63, 3.8) is 0 Å². The summed E-state index contributed by atoms with van der Waals surface area (Å²) in [4.78, 5) is 22.8. The summed E-state index contributed by atoms with van der Waals surface area (Å²) in [6, 6.07) is 4.07. The summed E-state index contributed by atoms with van der Waals surface area (Å²) < 4.78 is 4.82. The maximum absolute atomic E-state index is 11.7. The molecule has 0 amide bonds. The smallest absolute Gasteiger partial charge is 0.338 e. The monoisotopic (exact) mass is 300 g/mol. The van der Waals surface area contributed by atoms with Gasteiger partial charge in [-0.3, -0.25) is 4.79 Å². The Morgan fingerprint density at radius 1 is 1.47 bits per heavy atom. The summed E-state index contributed by atoms with van der Waals surface area (Å²) in [6.45, 7) is 3.61.